The molecule has 23 heavy (non-hydrogen) atoms. The molecule has 2 radical (unpaired) electrons. The van der Waals surface area contributed by atoms with E-state index in [1.807, 2.05) is 30.3 Å². The number of hydrogen-bond donors (Lipinski definition) is 0. The van der Waals surface area contributed by atoms with Gasteiger partial charge in [0.2, 0.25) is 0 Å². The molecule has 0 atom stereocenters. The molecule has 3 aromatic rings. The van der Waals surface area contributed by atoms with Gasteiger partial charge in [-0.05, 0) is 36.8 Å². The number of hydrogen-bond acceptors (Lipinski definition) is 1. The molecular formula is C18H14AuCl2PS-2. The largest absolute Gasteiger partial charge is 1.00 e. The van der Waals surface area contributed by atoms with Crippen LogP contribution < -0.4 is 40.7 Å². The summed E-state index contributed by atoms with van der Waals surface area (Å²) in [5.41, 5.74) is 0. The van der Waals surface area contributed by atoms with Gasteiger partial charge in [0.1, 0.15) is 0 Å². The Balaban J connectivity index is 0.00000161. The second-order valence-electron chi connectivity index (χ2n) is 4.53. The van der Waals surface area contributed by atoms with E-state index in [1.54, 1.807) is 0 Å². The normalized spacial score (nSPS) is 9.78. The Kier molecular flexibility index (Phi) is 10.5. The molecule has 3 aromatic carbocycles. The minimum Gasteiger partial charge on any atom is -1.00 e. The fraction of sp³-hybridized carbons (Fsp3) is 0. The predicted octanol–water partition coefficient (Wildman–Crippen LogP) is -2.75. The van der Waals surface area contributed by atoms with Crippen molar-refractivity contribution in [2.24, 2.45) is 0 Å². The summed E-state index contributed by atoms with van der Waals surface area (Å²) in [5.74, 6) is 0. The zero-order valence-electron chi connectivity index (χ0n) is 12.0. The van der Waals surface area contributed by atoms with Crippen LogP contribution in [0.2, 0.25) is 0 Å². The molecule has 0 saturated carbocycles. The van der Waals surface area contributed by atoms with Crippen LogP contribution >= 0.6 is 6.46 Å². The summed E-state index contributed by atoms with van der Waals surface area (Å²) in [6.07, 6.45) is 0. The van der Waals surface area contributed by atoms with Crippen LogP contribution in [0.5, 0.6) is 0 Å². The van der Waals surface area contributed by atoms with E-state index in [9.17, 15) is 0 Å². The van der Waals surface area contributed by atoms with E-state index in [2.05, 4.69) is 60.7 Å². The van der Waals surface area contributed by atoms with Crippen molar-refractivity contribution in [1.29, 1.82) is 0 Å². The van der Waals surface area contributed by atoms with Crippen LogP contribution in [0.4, 0.5) is 0 Å². The predicted molar refractivity (Wildman–Crippen MR) is 91.3 cm³/mol. The number of benzene rings is 3. The third-order valence-electron chi connectivity index (χ3n) is 3.27. The number of halogens is 2. The average Bonchev–Trinajstić information content (AvgIpc) is 2.56. The van der Waals surface area contributed by atoms with Crippen LogP contribution in [0.15, 0.2) is 84.9 Å². The van der Waals surface area contributed by atoms with E-state index in [-0.39, 0.29) is 47.2 Å². The molecule has 0 nitrogen and oxygen atoms in total. The molecule has 0 heterocycles. The summed E-state index contributed by atoms with van der Waals surface area (Å²) >= 11 is 6.18. The summed E-state index contributed by atoms with van der Waals surface area (Å²) in [7, 11) is 0. The average molecular weight is 561 g/mol. The van der Waals surface area contributed by atoms with Gasteiger partial charge in [0.05, 0.1) is 15.9 Å². The zero-order valence-corrected chi connectivity index (χ0v) is 17.4. The molecule has 124 valence electrons. The smallest absolute Gasteiger partial charge is 0.0909 e. The van der Waals surface area contributed by atoms with Crippen molar-refractivity contribution >= 4 is 34.6 Å². The SMILES string of the molecule is [Au].[Cl-].[Cl-].[S-][P+](c1[c]cccc1)(c1ccccc1)c1ccccc1. The molecule has 0 spiro atoms. The van der Waals surface area contributed by atoms with Crippen LogP contribution in [0, 0.1) is 6.07 Å². The van der Waals surface area contributed by atoms with Crippen LogP contribution in [-0.4, -0.2) is 0 Å². The summed E-state index contributed by atoms with van der Waals surface area (Å²) in [5, 5.41) is 3.54. The van der Waals surface area contributed by atoms with Gasteiger partial charge in [-0.1, -0.05) is 54.6 Å². The molecule has 0 aliphatic carbocycles. The van der Waals surface area contributed by atoms with E-state index in [1.165, 1.54) is 10.6 Å². The third-order valence-corrected chi connectivity index (χ3v) is 8.13. The Hall–Kier alpha value is -0.240. The fourth-order valence-corrected chi connectivity index (χ4v) is 5.94. The molecule has 0 aliphatic heterocycles. The second-order valence-corrected chi connectivity index (χ2v) is 8.90. The molecule has 0 aromatic heterocycles. The van der Waals surface area contributed by atoms with Crippen molar-refractivity contribution in [3.63, 3.8) is 0 Å². The Morgan fingerprint density at radius 3 is 1.48 bits per heavy atom. The minimum absolute atomic E-state index is 0. The zero-order chi connectivity index (χ0) is 13.8. The number of rotatable bonds is 3. The maximum atomic E-state index is 6.18. The summed E-state index contributed by atoms with van der Waals surface area (Å²) in [4.78, 5) is 0. The van der Waals surface area contributed by atoms with Crippen LogP contribution in [0.1, 0.15) is 0 Å². The van der Waals surface area contributed by atoms with Crippen molar-refractivity contribution in [2.75, 3.05) is 0 Å². The molecule has 3 rings (SSSR count). The standard InChI is InChI=1S/C18H14PS.Au.2ClH/c20-19(16-10-4-1-5-11-16,17-12-6-2-7-13-17)18-14-8-3-9-15-18;;;/h1-14H;;2*1H/p-2. The Bertz CT molecular complexity index is 584. The fourth-order valence-electron chi connectivity index (χ4n) is 2.28. The topological polar surface area (TPSA) is 0 Å². The maximum Gasteiger partial charge on any atom is 0.0909 e. The van der Waals surface area contributed by atoms with Gasteiger partial charge in [0.25, 0.3) is 0 Å². The van der Waals surface area contributed by atoms with Gasteiger partial charge in [-0.25, -0.2) is 0 Å². The van der Waals surface area contributed by atoms with Crippen molar-refractivity contribution in [3.05, 3.63) is 91.0 Å². The molecule has 0 saturated heterocycles. The van der Waals surface area contributed by atoms with Crippen molar-refractivity contribution < 1.29 is 47.2 Å². The summed E-state index contributed by atoms with van der Waals surface area (Å²) < 4.78 is 0. The first-order valence-corrected chi connectivity index (χ1v) is 9.30. The van der Waals surface area contributed by atoms with E-state index in [0.717, 1.165) is 5.30 Å². The van der Waals surface area contributed by atoms with Gasteiger partial charge < -0.3 is 37.1 Å². The van der Waals surface area contributed by atoms with Gasteiger partial charge >= 0.3 is 0 Å². The van der Waals surface area contributed by atoms with Gasteiger partial charge in [0.15, 0.2) is 0 Å². The molecule has 5 heteroatoms. The summed E-state index contributed by atoms with van der Waals surface area (Å²) in [6, 6.07) is 32.2. The maximum absolute atomic E-state index is 6.18. The van der Waals surface area contributed by atoms with Crippen LogP contribution in [0.25, 0.3) is 0 Å². The Morgan fingerprint density at radius 2 is 1.09 bits per heavy atom. The molecule has 0 N–H and O–H groups in total. The molecular weight excluding hydrogens is 547 g/mol. The van der Waals surface area contributed by atoms with Gasteiger partial charge in [-0.3, -0.25) is 0 Å². The van der Waals surface area contributed by atoms with Gasteiger partial charge in [-0.15, -0.1) is 0 Å². The minimum atomic E-state index is -2.00. The van der Waals surface area contributed by atoms with E-state index in [4.69, 9.17) is 12.2 Å². The van der Waals surface area contributed by atoms with Crippen molar-refractivity contribution in [1.82, 2.24) is 0 Å². The first-order chi connectivity index (χ1) is 9.82. The third kappa shape index (κ3) is 4.87. The second kappa shape index (κ2) is 10.6. The Morgan fingerprint density at radius 1 is 0.652 bits per heavy atom. The molecule has 0 amide bonds. The molecule has 0 unspecified atom stereocenters. The Labute approximate surface area is 171 Å². The van der Waals surface area contributed by atoms with E-state index >= 15 is 0 Å². The first kappa shape index (κ1) is 22.8. The molecule has 0 bridgehead atoms. The summed E-state index contributed by atoms with van der Waals surface area (Å²) in [6.45, 7) is -2.00. The molecule has 0 fully saturated rings. The molecule has 0 aliphatic rings. The van der Waals surface area contributed by atoms with Gasteiger partial charge in [0, 0.05) is 28.4 Å². The van der Waals surface area contributed by atoms with Crippen LogP contribution in [0.3, 0.4) is 0 Å². The van der Waals surface area contributed by atoms with Crippen molar-refractivity contribution in [3.8, 4) is 0 Å². The van der Waals surface area contributed by atoms with E-state index < -0.39 is 6.46 Å². The monoisotopic (exact) mass is 560 g/mol. The van der Waals surface area contributed by atoms with Crippen LogP contribution in [-0.2, 0) is 34.6 Å². The quantitative estimate of drug-likeness (QED) is 0.190. The van der Waals surface area contributed by atoms with Crippen molar-refractivity contribution in [2.45, 2.75) is 0 Å². The van der Waals surface area contributed by atoms with Gasteiger partial charge in [-0.2, -0.15) is 0 Å². The van der Waals surface area contributed by atoms with E-state index in [0.29, 0.717) is 0 Å². The first-order valence-electron chi connectivity index (χ1n) is 6.50.